The molecule has 22 heavy (non-hydrogen) atoms. The first kappa shape index (κ1) is 14.9. The van der Waals surface area contributed by atoms with Crippen LogP contribution in [0.3, 0.4) is 0 Å². The molecule has 0 aliphatic carbocycles. The van der Waals surface area contributed by atoms with Crippen molar-refractivity contribution in [3.63, 3.8) is 0 Å². The van der Waals surface area contributed by atoms with Crippen LogP contribution in [-0.2, 0) is 9.59 Å². The Labute approximate surface area is 132 Å². The number of fused-ring (bicyclic) bond motifs is 1. The van der Waals surface area contributed by atoms with Crippen LogP contribution in [0, 0.1) is 0 Å². The predicted octanol–water partition coefficient (Wildman–Crippen LogP) is 1.18. The van der Waals surface area contributed by atoms with E-state index in [0.717, 1.165) is 6.42 Å². The molecule has 2 aliphatic rings. The molecule has 3 amide bonds. The first-order valence-electron chi connectivity index (χ1n) is 7.07. The monoisotopic (exact) mass is 319 g/mol. The number of carbonyl (C=O) groups is 3. The second-order valence-corrected chi connectivity index (χ2v) is 7.20. The molecule has 0 radical (unpaired) electrons. The number of nitrogens with two attached hydrogens (primary N) is 1. The number of amides is 3. The summed E-state index contributed by atoms with van der Waals surface area (Å²) in [5.41, 5.74) is 6.15. The van der Waals surface area contributed by atoms with E-state index < -0.39 is 11.9 Å². The maximum absolute atomic E-state index is 12.5. The zero-order valence-electron chi connectivity index (χ0n) is 12.2. The Morgan fingerprint density at radius 2 is 2.05 bits per heavy atom. The van der Waals surface area contributed by atoms with Gasteiger partial charge in [-0.05, 0) is 37.6 Å². The number of hydrogen-bond donors (Lipinski definition) is 2. The minimum atomic E-state index is -0.511. The minimum absolute atomic E-state index is 0.0386. The van der Waals surface area contributed by atoms with Gasteiger partial charge < -0.3 is 16.0 Å². The molecular weight excluding hydrogens is 302 g/mol. The summed E-state index contributed by atoms with van der Waals surface area (Å²) in [4.78, 5) is 37.0. The van der Waals surface area contributed by atoms with Crippen molar-refractivity contribution in [1.29, 1.82) is 0 Å². The lowest BCUT2D eigenvalue weighted by Gasteiger charge is -2.29. The van der Waals surface area contributed by atoms with Crippen LogP contribution >= 0.6 is 11.8 Å². The van der Waals surface area contributed by atoms with Gasteiger partial charge in [0.15, 0.2) is 0 Å². The average molecular weight is 319 g/mol. The van der Waals surface area contributed by atoms with Gasteiger partial charge in [-0.3, -0.25) is 14.4 Å². The highest BCUT2D eigenvalue weighted by Gasteiger charge is 2.52. The second-order valence-electron chi connectivity index (χ2n) is 5.70. The summed E-state index contributed by atoms with van der Waals surface area (Å²) < 4.78 is 0. The van der Waals surface area contributed by atoms with E-state index in [9.17, 15) is 14.4 Å². The number of primary amides is 1. The van der Waals surface area contributed by atoms with Gasteiger partial charge in [0, 0.05) is 23.4 Å². The van der Waals surface area contributed by atoms with E-state index in [1.54, 1.807) is 40.9 Å². The summed E-state index contributed by atoms with van der Waals surface area (Å²) in [5, 5.41) is 2.80. The first-order chi connectivity index (χ1) is 10.4. The van der Waals surface area contributed by atoms with Gasteiger partial charge in [-0.15, -0.1) is 11.8 Å². The zero-order chi connectivity index (χ0) is 15.9. The molecule has 2 fully saturated rings. The van der Waals surface area contributed by atoms with E-state index >= 15 is 0 Å². The molecule has 2 aliphatic heterocycles. The van der Waals surface area contributed by atoms with Gasteiger partial charge in [0.2, 0.25) is 17.7 Å². The third-order valence-corrected chi connectivity index (χ3v) is 5.69. The van der Waals surface area contributed by atoms with Crippen LogP contribution in [0.1, 0.15) is 30.1 Å². The SMILES string of the molecule is C[C@@]12CCC(=O)N1[C@H](C(=O)Nc1ccc(C(N)=O)cc1)CS2. The van der Waals surface area contributed by atoms with E-state index in [4.69, 9.17) is 5.73 Å². The van der Waals surface area contributed by atoms with Gasteiger partial charge in [0.1, 0.15) is 6.04 Å². The fourth-order valence-corrected chi connectivity index (χ4v) is 4.39. The minimum Gasteiger partial charge on any atom is -0.366 e. The Morgan fingerprint density at radius 1 is 1.36 bits per heavy atom. The van der Waals surface area contributed by atoms with Crippen molar-refractivity contribution in [2.45, 2.75) is 30.7 Å². The third-order valence-electron chi connectivity index (χ3n) is 4.18. The second kappa shape index (κ2) is 5.31. The molecule has 7 heteroatoms. The number of benzene rings is 1. The van der Waals surface area contributed by atoms with E-state index in [1.165, 1.54) is 0 Å². The molecule has 3 N–H and O–H groups in total. The van der Waals surface area contributed by atoms with Crippen molar-refractivity contribution in [2.24, 2.45) is 5.73 Å². The van der Waals surface area contributed by atoms with Crippen molar-refractivity contribution in [3.8, 4) is 0 Å². The number of hydrogen-bond acceptors (Lipinski definition) is 4. The molecule has 0 saturated carbocycles. The molecule has 0 unspecified atom stereocenters. The first-order valence-corrected chi connectivity index (χ1v) is 8.06. The van der Waals surface area contributed by atoms with Crippen molar-refractivity contribution in [2.75, 3.05) is 11.1 Å². The number of rotatable bonds is 3. The lowest BCUT2D eigenvalue weighted by Crippen LogP contribution is -2.48. The zero-order valence-corrected chi connectivity index (χ0v) is 13.0. The van der Waals surface area contributed by atoms with Crippen LogP contribution in [-0.4, -0.2) is 39.3 Å². The number of anilines is 1. The third kappa shape index (κ3) is 2.45. The van der Waals surface area contributed by atoms with Gasteiger partial charge in [-0.25, -0.2) is 0 Å². The van der Waals surface area contributed by atoms with E-state index in [0.29, 0.717) is 23.4 Å². The molecule has 6 nitrogen and oxygen atoms in total. The lowest BCUT2D eigenvalue weighted by atomic mass is 10.2. The van der Waals surface area contributed by atoms with E-state index in [-0.39, 0.29) is 16.7 Å². The lowest BCUT2D eigenvalue weighted by molar-refractivity contribution is -0.135. The van der Waals surface area contributed by atoms with E-state index in [1.807, 2.05) is 6.92 Å². The highest BCUT2D eigenvalue weighted by molar-refractivity contribution is 8.01. The van der Waals surface area contributed by atoms with Gasteiger partial charge in [-0.2, -0.15) is 0 Å². The van der Waals surface area contributed by atoms with Crippen LogP contribution < -0.4 is 11.1 Å². The topological polar surface area (TPSA) is 92.5 Å². The summed E-state index contributed by atoms with van der Waals surface area (Å²) in [7, 11) is 0. The molecule has 2 saturated heterocycles. The molecule has 3 rings (SSSR count). The Balaban J connectivity index is 1.72. The van der Waals surface area contributed by atoms with Gasteiger partial charge in [0.05, 0.1) is 4.87 Å². The fourth-order valence-electron chi connectivity index (χ4n) is 2.96. The summed E-state index contributed by atoms with van der Waals surface area (Å²) in [6, 6.07) is 5.94. The van der Waals surface area contributed by atoms with E-state index in [2.05, 4.69) is 5.32 Å². The molecular formula is C15H17N3O3S. The highest BCUT2D eigenvalue weighted by Crippen LogP contribution is 2.47. The smallest absolute Gasteiger partial charge is 0.248 e. The molecule has 2 atom stereocenters. The summed E-state index contributed by atoms with van der Waals surface area (Å²) >= 11 is 1.66. The molecule has 1 aromatic carbocycles. The standard InChI is InChI=1S/C15H17N3O3S/c1-15-7-6-12(19)18(15)11(8-22-15)14(21)17-10-4-2-9(3-5-10)13(16)20/h2-5,11H,6-8H2,1H3,(H2,16,20)(H,17,21)/t11-,15+/m0/s1. The predicted molar refractivity (Wildman–Crippen MR) is 84.3 cm³/mol. The molecule has 1 aromatic rings. The van der Waals surface area contributed by atoms with Crippen LogP contribution in [0.25, 0.3) is 0 Å². The number of nitrogens with one attached hydrogen (secondary N) is 1. The number of nitrogens with zero attached hydrogens (tertiary/aromatic N) is 1. The fraction of sp³-hybridized carbons (Fsp3) is 0.400. The number of carbonyl (C=O) groups excluding carboxylic acids is 3. The molecule has 2 heterocycles. The maximum Gasteiger partial charge on any atom is 0.248 e. The Kier molecular flexibility index (Phi) is 3.60. The summed E-state index contributed by atoms with van der Waals surface area (Å²) in [5.74, 6) is -0.0634. The Morgan fingerprint density at radius 3 is 2.68 bits per heavy atom. The van der Waals surface area contributed by atoms with Crippen LogP contribution in [0.4, 0.5) is 5.69 Å². The van der Waals surface area contributed by atoms with Crippen molar-refractivity contribution >= 4 is 35.2 Å². The molecule has 116 valence electrons. The normalized spacial score (nSPS) is 26.9. The van der Waals surface area contributed by atoms with Crippen molar-refractivity contribution in [1.82, 2.24) is 4.90 Å². The van der Waals surface area contributed by atoms with Crippen LogP contribution in [0.15, 0.2) is 24.3 Å². The maximum atomic E-state index is 12.5. The Hall–Kier alpha value is -2.02. The van der Waals surface area contributed by atoms with Crippen molar-refractivity contribution < 1.29 is 14.4 Å². The summed E-state index contributed by atoms with van der Waals surface area (Å²) in [6.07, 6.45) is 1.29. The average Bonchev–Trinajstić information content (AvgIpc) is 2.97. The molecule has 0 aromatic heterocycles. The number of thioether (sulfide) groups is 1. The van der Waals surface area contributed by atoms with Crippen molar-refractivity contribution in [3.05, 3.63) is 29.8 Å². The quantitative estimate of drug-likeness (QED) is 0.875. The Bertz CT molecular complexity index is 646. The van der Waals surface area contributed by atoms with Gasteiger partial charge >= 0.3 is 0 Å². The highest BCUT2D eigenvalue weighted by atomic mass is 32.2. The van der Waals surface area contributed by atoms with Gasteiger partial charge in [0.25, 0.3) is 0 Å². The molecule has 0 spiro atoms. The van der Waals surface area contributed by atoms with Gasteiger partial charge in [-0.1, -0.05) is 0 Å². The van der Waals surface area contributed by atoms with Crippen LogP contribution in [0.2, 0.25) is 0 Å². The molecule has 0 bridgehead atoms. The largest absolute Gasteiger partial charge is 0.366 e. The van der Waals surface area contributed by atoms with Crippen LogP contribution in [0.5, 0.6) is 0 Å². The summed E-state index contributed by atoms with van der Waals surface area (Å²) in [6.45, 7) is 2.01.